The first kappa shape index (κ1) is 28.4. The summed E-state index contributed by atoms with van der Waals surface area (Å²) in [7, 11) is 4.08. The number of fused-ring (bicyclic) bond motifs is 1. The highest BCUT2D eigenvalue weighted by Crippen LogP contribution is 2.35. The molecule has 0 radical (unpaired) electrons. The van der Waals surface area contributed by atoms with E-state index < -0.39 is 18.4 Å². The van der Waals surface area contributed by atoms with E-state index in [9.17, 15) is 14.4 Å². The summed E-state index contributed by atoms with van der Waals surface area (Å²) in [5.41, 5.74) is 0.935. The number of benzene rings is 1. The van der Waals surface area contributed by atoms with Crippen LogP contribution in [0.1, 0.15) is 36.2 Å². The SMILES string of the molecule is CN(C)C1CCC(C(=O)Nc2c(C(=O)Nc3ccc(Cl)cn3)oc3ccc(NC(=O)CO)cc23)CC1.Cl. The maximum atomic E-state index is 13.2. The minimum absolute atomic E-state index is 0. The highest BCUT2D eigenvalue weighted by Gasteiger charge is 2.30. The normalized spacial score (nSPS) is 17.2. The van der Waals surface area contributed by atoms with Crippen LogP contribution in [-0.4, -0.2) is 59.5 Å². The Labute approximate surface area is 225 Å². The van der Waals surface area contributed by atoms with E-state index >= 15 is 0 Å². The van der Waals surface area contributed by atoms with Crippen LogP contribution in [-0.2, 0) is 9.59 Å². The fourth-order valence-electron chi connectivity index (χ4n) is 4.36. The lowest BCUT2D eigenvalue weighted by Gasteiger charge is -2.31. The number of aliphatic hydroxyl groups excluding tert-OH is 1. The molecule has 198 valence electrons. The maximum Gasteiger partial charge on any atom is 0.294 e. The van der Waals surface area contributed by atoms with E-state index in [0.29, 0.717) is 27.7 Å². The van der Waals surface area contributed by atoms with E-state index in [1.165, 1.54) is 6.20 Å². The molecule has 3 amide bonds. The Morgan fingerprint density at radius 1 is 1.08 bits per heavy atom. The number of nitrogens with one attached hydrogen (secondary N) is 3. The summed E-state index contributed by atoms with van der Waals surface area (Å²) in [6.07, 6.45) is 4.68. The molecule has 2 aromatic heterocycles. The highest BCUT2D eigenvalue weighted by molar-refractivity contribution is 6.30. The van der Waals surface area contributed by atoms with Crippen LogP contribution in [0.25, 0.3) is 11.0 Å². The molecule has 4 rings (SSSR count). The molecule has 0 spiro atoms. The number of rotatable bonds is 7. The van der Waals surface area contributed by atoms with Crippen molar-refractivity contribution in [2.75, 3.05) is 36.7 Å². The van der Waals surface area contributed by atoms with Gasteiger partial charge in [0, 0.05) is 29.2 Å². The summed E-state index contributed by atoms with van der Waals surface area (Å²) in [5.74, 6) is -1.42. The predicted molar refractivity (Wildman–Crippen MR) is 144 cm³/mol. The van der Waals surface area contributed by atoms with Gasteiger partial charge >= 0.3 is 0 Å². The number of halogens is 2. The quantitative estimate of drug-likeness (QED) is 0.347. The molecule has 1 fully saturated rings. The van der Waals surface area contributed by atoms with Gasteiger partial charge in [0.25, 0.3) is 5.91 Å². The lowest BCUT2D eigenvalue weighted by atomic mass is 9.85. The largest absolute Gasteiger partial charge is 0.449 e. The number of furan rings is 1. The summed E-state index contributed by atoms with van der Waals surface area (Å²) in [4.78, 5) is 44.3. The zero-order valence-electron chi connectivity index (χ0n) is 20.4. The zero-order chi connectivity index (χ0) is 25.8. The van der Waals surface area contributed by atoms with Gasteiger partial charge in [0.2, 0.25) is 17.6 Å². The maximum absolute atomic E-state index is 13.2. The molecule has 1 aromatic carbocycles. The Balaban J connectivity index is 0.00000380. The molecule has 0 saturated heterocycles. The number of hydrogen-bond acceptors (Lipinski definition) is 7. The van der Waals surface area contributed by atoms with Crippen molar-refractivity contribution < 1.29 is 23.9 Å². The second-order valence-corrected chi connectivity index (χ2v) is 9.43. The number of anilines is 3. The summed E-state index contributed by atoms with van der Waals surface area (Å²) < 4.78 is 5.83. The highest BCUT2D eigenvalue weighted by atomic mass is 35.5. The van der Waals surface area contributed by atoms with Gasteiger partial charge in [0.15, 0.2) is 0 Å². The molecule has 4 N–H and O–H groups in total. The van der Waals surface area contributed by atoms with Crippen molar-refractivity contribution >= 4 is 69.9 Å². The van der Waals surface area contributed by atoms with Gasteiger partial charge in [-0.15, -0.1) is 12.4 Å². The first-order valence-electron chi connectivity index (χ1n) is 11.6. The fourth-order valence-corrected chi connectivity index (χ4v) is 4.47. The average molecular weight is 550 g/mol. The number of carbonyl (C=O) groups is 3. The molecule has 2 heterocycles. The number of nitrogens with zero attached hydrogens (tertiary/aromatic N) is 2. The van der Waals surface area contributed by atoms with Gasteiger partial charge in [0.05, 0.1) is 5.02 Å². The fraction of sp³-hybridized carbons (Fsp3) is 0.360. The van der Waals surface area contributed by atoms with Crippen LogP contribution in [0.4, 0.5) is 17.2 Å². The molecule has 10 nitrogen and oxygen atoms in total. The molecule has 0 bridgehead atoms. The molecule has 0 aliphatic heterocycles. The third-order valence-corrected chi connectivity index (χ3v) is 6.56. The predicted octanol–water partition coefficient (Wildman–Crippen LogP) is 4.15. The van der Waals surface area contributed by atoms with Crippen LogP contribution in [0.2, 0.25) is 5.02 Å². The summed E-state index contributed by atoms with van der Waals surface area (Å²) in [6, 6.07) is 8.32. The minimum Gasteiger partial charge on any atom is -0.449 e. The van der Waals surface area contributed by atoms with E-state index in [4.69, 9.17) is 21.1 Å². The molecule has 3 aromatic rings. The van der Waals surface area contributed by atoms with E-state index in [1.54, 1.807) is 30.3 Å². The lowest BCUT2D eigenvalue weighted by molar-refractivity contribution is -0.121. The second-order valence-electron chi connectivity index (χ2n) is 9.00. The molecule has 1 aliphatic rings. The molecule has 1 aliphatic carbocycles. The number of amides is 3. The van der Waals surface area contributed by atoms with Crippen molar-refractivity contribution in [3.63, 3.8) is 0 Å². The Morgan fingerprint density at radius 3 is 2.43 bits per heavy atom. The monoisotopic (exact) mass is 549 g/mol. The molecular weight excluding hydrogens is 521 g/mol. The molecule has 0 unspecified atom stereocenters. The van der Waals surface area contributed by atoms with Crippen LogP contribution in [0.15, 0.2) is 40.9 Å². The summed E-state index contributed by atoms with van der Waals surface area (Å²) >= 11 is 5.87. The third-order valence-electron chi connectivity index (χ3n) is 6.34. The van der Waals surface area contributed by atoms with Gasteiger partial charge in [-0.05, 0) is 70.1 Å². The van der Waals surface area contributed by atoms with Crippen LogP contribution in [0.5, 0.6) is 0 Å². The standard InChI is InChI=1S/C25H28ClN5O5.ClH/c1-31(2)17-7-3-14(4-8-17)24(34)30-22-18-11-16(28-21(33)13-32)6-9-19(18)36-23(22)25(35)29-20-10-5-15(26)12-27-20;/h5-6,9-12,14,17,32H,3-4,7-8,13H2,1-2H3,(H,28,33)(H,30,34)(H,27,29,35);1H. The van der Waals surface area contributed by atoms with Crippen molar-refractivity contribution in [1.82, 2.24) is 9.88 Å². The zero-order valence-corrected chi connectivity index (χ0v) is 22.0. The first-order valence-corrected chi connectivity index (χ1v) is 12.0. The molecule has 37 heavy (non-hydrogen) atoms. The lowest BCUT2D eigenvalue weighted by Crippen LogP contribution is -2.35. The molecular formula is C25H29Cl2N5O5. The van der Waals surface area contributed by atoms with Gasteiger partial charge in [-0.3, -0.25) is 14.4 Å². The van der Waals surface area contributed by atoms with Gasteiger partial charge in [0.1, 0.15) is 23.7 Å². The van der Waals surface area contributed by atoms with Gasteiger partial charge in [-0.2, -0.15) is 0 Å². The smallest absolute Gasteiger partial charge is 0.294 e. The minimum atomic E-state index is -0.676. The van der Waals surface area contributed by atoms with Crippen LogP contribution in [0.3, 0.4) is 0 Å². The number of hydrogen-bond donors (Lipinski definition) is 4. The number of aromatic nitrogens is 1. The second kappa shape index (κ2) is 12.4. The van der Waals surface area contributed by atoms with Crippen molar-refractivity contribution in [3.05, 3.63) is 47.3 Å². The van der Waals surface area contributed by atoms with Crippen molar-refractivity contribution in [3.8, 4) is 0 Å². The summed E-state index contributed by atoms with van der Waals surface area (Å²) in [6.45, 7) is -0.676. The average Bonchev–Trinajstić information content (AvgIpc) is 3.23. The van der Waals surface area contributed by atoms with Crippen LogP contribution in [0, 0.1) is 5.92 Å². The summed E-state index contributed by atoms with van der Waals surface area (Å²) in [5, 5.41) is 18.0. The van der Waals surface area contributed by atoms with Crippen molar-refractivity contribution in [1.29, 1.82) is 0 Å². The third kappa shape index (κ3) is 6.78. The van der Waals surface area contributed by atoms with Crippen LogP contribution < -0.4 is 16.0 Å². The van der Waals surface area contributed by atoms with E-state index in [-0.39, 0.29) is 41.5 Å². The molecule has 0 atom stereocenters. The molecule has 1 saturated carbocycles. The Bertz CT molecular complexity index is 1270. The van der Waals surface area contributed by atoms with Crippen molar-refractivity contribution in [2.45, 2.75) is 31.7 Å². The topological polar surface area (TPSA) is 137 Å². The van der Waals surface area contributed by atoms with E-state index in [1.807, 2.05) is 14.1 Å². The van der Waals surface area contributed by atoms with Crippen molar-refractivity contribution in [2.24, 2.45) is 5.92 Å². The number of aliphatic hydroxyl groups is 1. The van der Waals surface area contributed by atoms with E-state index in [2.05, 4.69) is 25.8 Å². The number of carbonyl (C=O) groups excluding carboxylic acids is 3. The van der Waals surface area contributed by atoms with Crippen LogP contribution >= 0.6 is 24.0 Å². The van der Waals surface area contributed by atoms with Gasteiger partial charge in [-0.25, -0.2) is 4.98 Å². The Morgan fingerprint density at radius 2 is 1.81 bits per heavy atom. The Kier molecular flexibility index (Phi) is 9.50. The molecule has 12 heteroatoms. The number of pyridine rings is 1. The Hall–Kier alpha value is -3.18. The van der Waals surface area contributed by atoms with Gasteiger partial charge in [-0.1, -0.05) is 11.6 Å². The first-order chi connectivity index (χ1) is 17.2. The van der Waals surface area contributed by atoms with E-state index in [0.717, 1.165) is 25.7 Å². The van der Waals surface area contributed by atoms with Gasteiger partial charge < -0.3 is 30.4 Å².